The number of ether oxygens (including phenoxy) is 1. The third kappa shape index (κ3) is 8.19. The minimum atomic E-state index is -1.19. The predicted molar refractivity (Wildman–Crippen MR) is 77.1 cm³/mol. The molecule has 0 heterocycles. The summed E-state index contributed by atoms with van der Waals surface area (Å²) in [6.45, 7) is 5.17. The molecule has 120 valence electrons. The molecule has 0 unspecified atom stereocenters. The monoisotopic (exact) mass is 300 g/mol. The lowest BCUT2D eigenvalue weighted by molar-refractivity contribution is -0.152. The molecule has 3 N–H and O–H groups in total. The summed E-state index contributed by atoms with van der Waals surface area (Å²) in [5, 5.41) is 18.8. The van der Waals surface area contributed by atoms with Gasteiger partial charge in [0.25, 0.3) is 0 Å². The van der Waals surface area contributed by atoms with E-state index in [0.717, 1.165) is 0 Å². The molecule has 0 aliphatic rings. The molecule has 0 rings (SSSR count). The van der Waals surface area contributed by atoms with Gasteiger partial charge in [0.2, 0.25) is 5.91 Å². The Balaban J connectivity index is 4.70. The van der Waals surface area contributed by atoms with Gasteiger partial charge in [-0.25, -0.2) is 4.79 Å². The molecule has 0 saturated carbocycles. The van der Waals surface area contributed by atoms with Crippen molar-refractivity contribution in [3.8, 4) is 0 Å². The number of amides is 1. The molecule has 0 fully saturated rings. The molecule has 7 heteroatoms. The average molecular weight is 300 g/mol. The molecule has 0 spiro atoms. The highest BCUT2D eigenvalue weighted by Gasteiger charge is 2.26. The maximum atomic E-state index is 11.9. The molecule has 0 radical (unpaired) electrons. The first-order valence-corrected chi connectivity index (χ1v) is 7.04. The van der Waals surface area contributed by atoms with Crippen LogP contribution in [0.1, 0.15) is 46.5 Å². The van der Waals surface area contributed by atoms with E-state index in [1.165, 1.54) is 0 Å². The second kappa shape index (κ2) is 10.0. The molecular weight excluding hydrogens is 276 g/mol. The van der Waals surface area contributed by atoms with Crippen LogP contribution in [0.5, 0.6) is 0 Å². The first kappa shape index (κ1) is 19.2. The van der Waals surface area contributed by atoms with Gasteiger partial charge in [0.15, 0.2) is 5.78 Å². The Labute approximate surface area is 124 Å². The van der Waals surface area contributed by atoms with Crippen LogP contribution in [0.25, 0.3) is 0 Å². The van der Waals surface area contributed by atoms with Crippen LogP contribution in [-0.2, 0) is 19.1 Å². The van der Waals surface area contributed by atoms with Gasteiger partial charge in [-0.1, -0.05) is 13.3 Å². The molecule has 0 saturated heterocycles. The Morgan fingerprint density at radius 2 is 1.90 bits per heavy atom. The summed E-state index contributed by atoms with van der Waals surface area (Å²) in [4.78, 5) is 34.8. The maximum absolute atomic E-state index is 11.9. The second-order valence-corrected chi connectivity index (χ2v) is 5.00. The highest BCUT2D eigenvalue weighted by molar-refractivity contribution is 6.26. The van der Waals surface area contributed by atoms with Crippen LogP contribution in [0, 0.1) is 5.41 Å². The van der Waals surface area contributed by atoms with Crippen LogP contribution in [0.2, 0.25) is 0 Å². The largest absolute Gasteiger partial charge is 0.461 e. The summed E-state index contributed by atoms with van der Waals surface area (Å²) in [7, 11) is 0. The lowest BCUT2D eigenvalue weighted by Crippen LogP contribution is -2.46. The van der Waals surface area contributed by atoms with Crippen molar-refractivity contribution in [1.82, 2.24) is 5.32 Å². The Hall–Kier alpha value is -1.76. The Bertz CT molecular complexity index is 382. The van der Waals surface area contributed by atoms with Gasteiger partial charge in [-0.15, -0.1) is 0 Å². The van der Waals surface area contributed by atoms with Gasteiger partial charge in [0, 0.05) is 6.42 Å². The summed E-state index contributed by atoms with van der Waals surface area (Å²) in [6, 6.07) is -1.00. The highest BCUT2D eigenvalue weighted by Crippen LogP contribution is 2.05. The van der Waals surface area contributed by atoms with E-state index in [0.29, 0.717) is 12.6 Å². The number of hydrogen-bond acceptors (Lipinski definition) is 6. The van der Waals surface area contributed by atoms with Gasteiger partial charge in [-0.3, -0.25) is 9.59 Å². The quantitative estimate of drug-likeness (QED) is 0.403. The first-order valence-electron chi connectivity index (χ1n) is 7.04. The summed E-state index contributed by atoms with van der Waals surface area (Å²) < 4.78 is 5.02. The second-order valence-electron chi connectivity index (χ2n) is 5.00. The maximum Gasteiger partial charge on any atom is 0.328 e. The van der Waals surface area contributed by atoms with Gasteiger partial charge in [0.1, 0.15) is 12.1 Å². The number of nitrogens with one attached hydrogen (secondary N) is 2. The van der Waals surface area contributed by atoms with Crippen molar-refractivity contribution in [2.24, 2.45) is 0 Å². The van der Waals surface area contributed by atoms with Crippen molar-refractivity contribution in [3.63, 3.8) is 0 Å². The number of hydrogen-bond donors (Lipinski definition) is 3. The van der Waals surface area contributed by atoms with E-state index < -0.39 is 29.8 Å². The van der Waals surface area contributed by atoms with E-state index >= 15 is 0 Å². The fourth-order valence-corrected chi connectivity index (χ4v) is 1.59. The standard InChI is InChI=1S/C14H24N2O5/c1-4-5-12(18)13(19)16-11(7-6-10(17)8-15)14(20)21-9(2)3/h8-9,11-12,15,18H,4-7H2,1-3H3,(H,16,19)/t11-,12-/m0/s1. The zero-order chi connectivity index (χ0) is 16.4. The molecular formula is C14H24N2O5. The molecule has 0 bridgehead atoms. The van der Waals surface area contributed by atoms with Gasteiger partial charge >= 0.3 is 5.97 Å². The van der Waals surface area contributed by atoms with Gasteiger partial charge < -0.3 is 20.6 Å². The molecule has 0 aromatic carbocycles. The highest BCUT2D eigenvalue weighted by atomic mass is 16.5. The lowest BCUT2D eigenvalue weighted by Gasteiger charge is -2.20. The molecule has 0 aliphatic carbocycles. The van der Waals surface area contributed by atoms with Crippen molar-refractivity contribution >= 4 is 23.9 Å². The fourth-order valence-electron chi connectivity index (χ4n) is 1.59. The fraction of sp³-hybridized carbons (Fsp3) is 0.714. The van der Waals surface area contributed by atoms with E-state index in [1.807, 2.05) is 6.92 Å². The first-order chi connectivity index (χ1) is 9.81. The van der Waals surface area contributed by atoms with Crippen molar-refractivity contribution in [2.45, 2.75) is 64.7 Å². The Kier molecular flexibility index (Phi) is 9.20. The number of rotatable bonds is 10. The number of ketones is 1. The van der Waals surface area contributed by atoms with Gasteiger partial charge in [-0.05, 0) is 26.7 Å². The van der Waals surface area contributed by atoms with E-state index in [1.54, 1.807) is 13.8 Å². The number of aliphatic hydroxyl groups excluding tert-OH is 1. The number of carbonyl (C=O) groups excluding carboxylic acids is 3. The van der Waals surface area contributed by atoms with Crippen molar-refractivity contribution in [2.75, 3.05) is 0 Å². The predicted octanol–water partition coefficient (Wildman–Crippen LogP) is 0.583. The molecule has 0 aromatic heterocycles. The SMILES string of the molecule is CCC[C@H](O)C(=O)N[C@@H](CCC(=O)C=N)C(=O)OC(C)C. The van der Waals surface area contributed by atoms with Crippen LogP contribution in [-0.4, -0.2) is 47.2 Å². The molecule has 21 heavy (non-hydrogen) atoms. The normalized spacial score (nSPS) is 13.4. The van der Waals surface area contributed by atoms with Crippen molar-refractivity contribution in [3.05, 3.63) is 0 Å². The Morgan fingerprint density at radius 3 is 2.38 bits per heavy atom. The third-order valence-electron chi connectivity index (χ3n) is 2.66. The minimum absolute atomic E-state index is 0.0321. The molecule has 2 atom stereocenters. The van der Waals surface area contributed by atoms with Crippen LogP contribution >= 0.6 is 0 Å². The van der Waals surface area contributed by atoms with E-state index in [4.69, 9.17) is 10.1 Å². The van der Waals surface area contributed by atoms with Crippen LogP contribution in [0.3, 0.4) is 0 Å². The molecule has 1 amide bonds. The number of esters is 1. The number of carbonyl (C=O) groups is 3. The number of aliphatic hydroxyl groups is 1. The summed E-state index contributed by atoms with van der Waals surface area (Å²) in [5.41, 5.74) is 0. The van der Waals surface area contributed by atoms with Crippen LogP contribution < -0.4 is 5.32 Å². The lowest BCUT2D eigenvalue weighted by atomic mass is 10.1. The van der Waals surface area contributed by atoms with Gasteiger partial charge in [-0.2, -0.15) is 0 Å². The molecule has 7 nitrogen and oxygen atoms in total. The number of Topliss-reactive ketones (excluding diaryl/α,β-unsaturated/α-hetero) is 1. The van der Waals surface area contributed by atoms with Crippen LogP contribution in [0.15, 0.2) is 0 Å². The topological polar surface area (TPSA) is 117 Å². The van der Waals surface area contributed by atoms with Crippen molar-refractivity contribution in [1.29, 1.82) is 5.41 Å². The van der Waals surface area contributed by atoms with Gasteiger partial charge in [0.05, 0.1) is 12.3 Å². The van der Waals surface area contributed by atoms with Crippen molar-refractivity contribution < 1.29 is 24.2 Å². The van der Waals surface area contributed by atoms with E-state index in [-0.39, 0.29) is 25.4 Å². The summed E-state index contributed by atoms with van der Waals surface area (Å²) in [5.74, 6) is -1.76. The van der Waals surface area contributed by atoms with E-state index in [2.05, 4.69) is 5.32 Å². The zero-order valence-corrected chi connectivity index (χ0v) is 12.7. The summed E-state index contributed by atoms with van der Waals surface area (Å²) in [6.07, 6.45) is 0.0203. The van der Waals surface area contributed by atoms with E-state index in [9.17, 15) is 19.5 Å². The molecule has 0 aromatic rings. The molecule has 0 aliphatic heterocycles. The third-order valence-corrected chi connectivity index (χ3v) is 2.66. The van der Waals surface area contributed by atoms with Crippen LogP contribution in [0.4, 0.5) is 0 Å². The zero-order valence-electron chi connectivity index (χ0n) is 12.7. The average Bonchev–Trinajstić information content (AvgIpc) is 2.41. The minimum Gasteiger partial charge on any atom is -0.461 e. The summed E-state index contributed by atoms with van der Waals surface area (Å²) >= 11 is 0. The smallest absolute Gasteiger partial charge is 0.328 e. The Morgan fingerprint density at radius 1 is 1.29 bits per heavy atom.